The molecule has 4 aromatic rings. The van der Waals surface area contributed by atoms with Gasteiger partial charge in [0.1, 0.15) is 0 Å². The normalized spacial score (nSPS) is 14.7. The Hall–Kier alpha value is -3.90. The number of rotatable bonds is 5. The number of piperidine rings is 1. The average molecular weight is 487 g/mol. The van der Waals surface area contributed by atoms with Crippen molar-refractivity contribution in [1.82, 2.24) is 14.5 Å². The topological polar surface area (TPSA) is 104 Å². The maximum atomic E-state index is 12.9. The van der Waals surface area contributed by atoms with Crippen molar-refractivity contribution < 1.29 is 8.42 Å². The van der Waals surface area contributed by atoms with E-state index in [0.717, 1.165) is 48.3 Å². The molecule has 0 spiro atoms. The fraction of sp³-hybridized carbons (Fsp3) is 0.269. The first-order valence-corrected chi connectivity index (χ1v) is 13.0. The van der Waals surface area contributed by atoms with Crippen LogP contribution in [0.3, 0.4) is 0 Å². The van der Waals surface area contributed by atoms with E-state index >= 15 is 0 Å². The number of anilines is 2. The number of fused-ring (bicyclic) bond motifs is 1. The molecule has 1 aliphatic rings. The number of nitrogens with zero attached hydrogens (tertiary/aromatic N) is 5. The predicted molar refractivity (Wildman–Crippen MR) is 136 cm³/mol. The first-order valence-electron chi connectivity index (χ1n) is 11.5. The lowest BCUT2D eigenvalue weighted by Gasteiger charge is -2.32. The first kappa shape index (κ1) is 22.9. The standard InChI is InChI=1S/C26H26N6O2S/c1-18-15-28-26(29-16-18)32-10-8-20(9-11-32)24-17-31(2)25-7-6-21(13-23(24)25)30-35(33,34)22-5-3-4-19(12-22)14-27/h3-7,12-13,15-17,20,30H,8-11H2,1-2H3. The van der Waals surface area contributed by atoms with Gasteiger partial charge >= 0.3 is 0 Å². The van der Waals surface area contributed by atoms with Crippen LogP contribution in [0.5, 0.6) is 0 Å². The summed E-state index contributed by atoms with van der Waals surface area (Å²) in [6.07, 6.45) is 7.78. The van der Waals surface area contributed by atoms with Crippen LogP contribution < -0.4 is 9.62 Å². The molecule has 0 atom stereocenters. The van der Waals surface area contributed by atoms with Gasteiger partial charge in [-0.15, -0.1) is 0 Å². The SMILES string of the molecule is Cc1cnc(N2CCC(c3cn(C)c4ccc(NS(=O)(=O)c5cccc(C#N)c5)cc34)CC2)nc1. The molecule has 2 aromatic carbocycles. The number of nitriles is 1. The van der Waals surface area contributed by atoms with Crippen LogP contribution in [-0.4, -0.2) is 36.0 Å². The smallest absolute Gasteiger partial charge is 0.261 e. The number of aromatic nitrogens is 3. The molecule has 1 N–H and O–H groups in total. The second kappa shape index (κ2) is 9.04. The Bertz CT molecular complexity index is 1530. The maximum absolute atomic E-state index is 12.9. The third-order valence-electron chi connectivity index (χ3n) is 6.53. The summed E-state index contributed by atoms with van der Waals surface area (Å²) in [6.45, 7) is 3.71. The van der Waals surface area contributed by atoms with Gasteiger partial charge in [0.2, 0.25) is 5.95 Å². The van der Waals surface area contributed by atoms with E-state index in [0.29, 0.717) is 17.2 Å². The lowest BCUT2D eigenvalue weighted by molar-refractivity contribution is 0.501. The zero-order chi connectivity index (χ0) is 24.6. The second-order valence-electron chi connectivity index (χ2n) is 8.99. The van der Waals surface area contributed by atoms with E-state index in [9.17, 15) is 8.42 Å². The fourth-order valence-corrected chi connectivity index (χ4v) is 5.79. The molecule has 5 rings (SSSR count). The molecule has 0 amide bonds. The highest BCUT2D eigenvalue weighted by Crippen LogP contribution is 2.36. The van der Waals surface area contributed by atoms with Crippen LogP contribution in [0.2, 0.25) is 0 Å². The van der Waals surface area contributed by atoms with Crippen molar-refractivity contribution in [2.45, 2.75) is 30.6 Å². The third-order valence-corrected chi connectivity index (χ3v) is 7.91. The molecule has 0 radical (unpaired) electrons. The van der Waals surface area contributed by atoms with E-state index in [4.69, 9.17) is 5.26 Å². The van der Waals surface area contributed by atoms with Crippen LogP contribution in [0.1, 0.15) is 35.4 Å². The Morgan fingerprint density at radius 2 is 1.83 bits per heavy atom. The highest BCUT2D eigenvalue weighted by molar-refractivity contribution is 7.92. The number of benzene rings is 2. The summed E-state index contributed by atoms with van der Waals surface area (Å²) in [5.74, 6) is 1.13. The van der Waals surface area contributed by atoms with Gasteiger partial charge in [0.25, 0.3) is 10.0 Å². The van der Waals surface area contributed by atoms with Crippen LogP contribution in [0.4, 0.5) is 11.6 Å². The van der Waals surface area contributed by atoms with Crippen LogP contribution in [0.25, 0.3) is 10.9 Å². The molecule has 2 aromatic heterocycles. The Morgan fingerprint density at radius 3 is 2.54 bits per heavy atom. The van der Waals surface area contributed by atoms with E-state index in [1.54, 1.807) is 18.2 Å². The van der Waals surface area contributed by atoms with Gasteiger partial charge in [0, 0.05) is 55.3 Å². The minimum atomic E-state index is -3.81. The quantitative estimate of drug-likeness (QED) is 0.450. The number of hydrogen-bond donors (Lipinski definition) is 1. The van der Waals surface area contributed by atoms with Gasteiger partial charge in [0.15, 0.2) is 0 Å². The summed E-state index contributed by atoms with van der Waals surface area (Å²) < 4.78 is 30.7. The zero-order valence-corrected chi connectivity index (χ0v) is 20.5. The molecule has 1 aliphatic heterocycles. The molecule has 9 heteroatoms. The lowest BCUT2D eigenvalue weighted by Crippen LogP contribution is -2.34. The van der Waals surface area contributed by atoms with Crippen LogP contribution in [0.15, 0.2) is 66.0 Å². The van der Waals surface area contributed by atoms with Gasteiger partial charge < -0.3 is 9.47 Å². The number of hydrogen-bond acceptors (Lipinski definition) is 6. The molecule has 1 fully saturated rings. The van der Waals surface area contributed by atoms with E-state index < -0.39 is 10.0 Å². The van der Waals surface area contributed by atoms with Crippen LogP contribution in [0, 0.1) is 18.3 Å². The molecule has 0 aliphatic carbocycles. The summed E-state index contributed by atoms with van der Waals surface area (Å²) >= 11 is 0. The van der Waals surface area contributed by atoms with Gasteiger partial charge in [-0.1, -0.05) is 6.07 Å². The summed E-state index contributed by atoms with van der Waals surface area (Å²) in [5.41, 5.74) is 4.12. The largest absolute Gasteiger partial charge is 0.350 e. The Labute approximate surface area is 204 Å². The van der Waals surface area contributed by atoms with Crippen molar-refractivity contribution in [3.63, 3.8) is 0 Å². The molecular weight excluding hydrogens is 460 g/mol. The minimum Gasteiger partial charge on any atom is -0.350 e. The molecule has 178 valence electrons. The van der Waals surface area contributed by atoms with Gasteiger partial charge in [0.05, 0.1) is 16.5 Å². The molecule has 3 heterocycles. The summed E-state index contributed by atoms with van der Waals surface area (Å²) in [7, 11) is -1.80. The molecule has 0 bridgehead atoms. The number of sulfonamides is 1. The summed E-state index contributed by atoms with van der Waals surface area (Å²) in [6, 6.07) is 13.6. The highest BCUT2D eigenvalue weighted by atomic mass is 32.2. The average Bonchev–Trinajstić information content (AvgIpc) is 3.20. The van der Waals surface area contributed by atoms with Crippen molar-refractivity contribution in [2.75, 3.05) is 22.7 Å². The van der Waals surface area contributed by atoms with Crippen molar-refractivity contribution in [1.29, 1.82) is 5.26 Å². The third kappa shape index (κ3) is 4.57. The van der Waals surface area contributed by atoms with E-state index in [2.05, 4.69) is 30.4 Å². The maximum Gasteiger partial charge on any atom is 0.261 e. The Morgan fingerprint density at radius 1 is 1.09 bits per heavy atom. The van der Waals surface area contributed by atoms with Crippen molar-refractivity contribution in [2.24, 2.45) is 7.05 Å². The lowest BCUT2D eigenvalue weighted by atomic mass is 9.89. The Balaban J connectivity index is 1.39. The summed E-state index contributed by atoms with van der Waals surface area (Å²) in [5, 5.41) is 10.2. The first-order chi connectivity index (χ1) is 16.8. The monoisotopic (exact) mass is 486 g/mol. The number of nitrogens with one attached hydrogen (secondary N) is 1. The predicted octanol–water partition coefficient (Wildman–Crippen LogP) is 4.33. The van der Waals surface area contributed by atoms with Gasteiger partial charge in [-0.2, -0.15) is 5.26 Å². The molecule has 35 heavy (non-hydrogen) atoms. The Kier molecular flexibility index (Phi) is 5.91. The molecule has 8 nitrogen and oxygen atoms in total. The second-order valence-corrected chi connectivity index (χ2v) is 10.7. The van der Waals surface area contributed by atoms with Crippen molar-refractivity contribution >= 4 is 32.6 Å². The number of aryl methyl sites for hydroxylation is 2. The van der Waals surface area contributed by atoms with E-state index in [1.807, 2.05) is 44.6 Å². The minimum absolute atomic E-state index is 0.0654. The van der Waals surface area contributed by atoms with Crippen LogP contribution >= 0.6 is 0 Å². The van der Waals surface area contributed by atoms with E-state index in [1.165, 1.54) is 17.7 Å². The van der Waals surface area contributed by atoms with E-state index in [-0.39, 0.29) is 4.90 Å². The van der Waals surface area contributed by atoms with Crippen molar-refractivity contribution in [3.05, 3.63) is 77.7 Å². The van der Waals surface area contributed by atoms with Gasteiger partial charge in [-0.25, -0.2) is 18.4 Å². The molecule has 0 unspecified atom stereocenters. The zero-order valence-electron chi connectivity index (χ0n) is 19.6. The molecule has 1 saturated heterocycles. The molecule has 0 saturated carbocycles. The fourth-order valence-electron chi connectivity index (χ4n) is 4.70. The molecular formula is C26H26N6O2S. The summed E-state index contributed by atoms with van der Waals surface area (Å²) in [4.78, 5) is 11.2. The van der Waals surface area contributed by atoms with Gasteiger partial charge in [-0.05, 0) is 73.2 Å². The van der Waals surface area contributed by atoms with Gasteiger partial charge in [-0.3, -0.25) is 4.72 Å². The highest BCUT2D eigenvalue weighted by Gasteiger charge is 2.25. The van der Waals surface area contributed by atoms with Crippen molar-refractivity contribution in [3.8, 4) is 6.07 Å². The van der Waals surface area contributed by atoms with Crippen LogP contribution in [-0.2, 0) is 17.1 Å².